The van der Waals surface area contributed by atoms with Crippen molar-refractivity contribution in [3.8, 4) is 11.1 Å². The van der Waals surface area contributed by atoms with Crippen LogP contribution in [-0.2, 0) is 6.54 Å². The molecule has 0 radical (unpaired) electrons. The third kappa shape index (κ3) is 2.38. The molecular weight excluding hydrogens is 352 g/mol. The summed E-state index contributed by atoms with van der Waals surface area (Å²) >= 11 is 0. The van der Waals surface area contributed by atoms with E-state index in [1.54, 1.807) is 17.2 Å². The lowest BCUT2D eigenvalue weighted by molar-refractivity contribution is 0.0466. The van der Waals surface area contributed by atoms with Crippen LogP contribution >= 0.6 is 0 Å². The number of hydrogen-bond donors (Lipinski definition) is 1. The molecule has 0 bridgehead atoms. The predicted octanol–water partition coefficient (Wildman–Crippen LogP) is 2.96. The van der Waals surface area contributed by atoms with Crippen molar-refractivity contribution < 1.29 is 18.7 Å². The summed E-state index contributed by atoms with van der Waals surface area (Å²) in [6.45, 7) is 0.321. The highest BCUT2D eigenvalue weighted by Gasteiger charge is 2.43. The fourth-order valence-electron chi connectivity index (χ4n) is 4.06. The van der Waals surface area contributed by atoms with Crippen molar-refractivity contribution in [1.29, 1.82) is 0 Å². The summed E-state index contributed by atoms with van der Waals surface area (Å²) in [5, 5.41) is 9.83. The summed E-state index contributed by atoms with van der Waals surface area (Å²) in [4.78, 5) is 19.5. The molecule has 0 saturated heterocycles. The van der Waals surface area contributed by atoms with Gasteiger partial charge in [0.1, 0.15) is 5.69 Å². The average Bonchev–Trinajstić information content (AvgIpc) is 3.45. The van der Waals surface area contributed by atoms with E-state index in [4.69, 9.17) is 0 Å². The number of aliphatic hydroxyl groups is 1. The van der Waals surface area contributed by atoms with Crippen molar-refractivity contribution in [3.05, 3.63) is 53.9 Å². The Morgan fingerprint density at radius 1 is 1.19 bits per heavy atom. The van der Waals surface area contributed by atoms with Crippen LogP contribution in [0.25, 0.3) is 22.2 Å². The average molecular weight is 369 g/mol. The third-order valence-electron chi connectivity index (χ3n) is 5.40. The standard InChI is InChI=1S/C20H17F2N3O2/c21-14-6-3-11(8-15(14)22)17-18-16(2-1-7-23-18)24-9-13(10-26)25(12-4-5-12)20(27)19(17)24/h1-3,6-8,12-13,26H,4-5,9-10H2. The minimum absolute atomic E-state index is 0.123. The van der Waals surface area contributed by atoms with Crippen molar-refractivity contribution in [2.75, 3.05) is 6.61 Å². The molecule has 1 unspecified atom stereocenters. The first kappa shape index (κ1) is 16.4. The van der Waals surface area contributed by atoms with Crippen molar-refractivity contribution >= 4 is 16.9 Å². The second-order valence-electron chi connectivity index (χ2n) is 7.11. The summed E-state index contributed by atoms with van der Waals surface area (Å²) < 4.78 is 29.2. The van der Waals surface area contributed by atoms with Gasteiger partial charge >= 0.3 is 0 Å². The molecule has 3 aromatic rings. The van der Waals surface area contributed by atoms with Gasteiger partial charge in [-0.2, -0.15) is 0 Å². The number of rotatable bonds is 3. The number of aliphatic hydroxyl groups excluding tert-OH is 1. The first-order chi connectivity index (χ1) is 13.1. The summed E-state index contributed by atoms with van der Waals surface area (Å²) in [6, 6.07) is 7.09. The van der Waals surface area contributed by atoms with Gasteiger partial charge in [0.25, 0.3) is 5.91 Å². The zero-order valence-electron chi connectivity index (χ0n) is 14.4. The number of carbonyl (C=O) groups is 1. The number of pyridine rings is 1. The van der Waals surface area contributed by atoms with Gasteiger partial charge in [0, 0.05) is 24.3 Å². The topological polar surface area (TPSA) is 58.4 Å². The molecule has 5 nitrogen and oxygen atoms in total. The van der Waals surface area contributed by atoms with Crippen LogP contribution in [-0.4, -0.2) is 44.2 Å². The van der Waals surface area contributed by atoms with Crippen molar-refractivity contribution in [2.45, 2.75) is 31.5 Å². The molecule has 1 aliphatic heterocycles. The van der Waals surface area contributed by atoms with E-state index in [1.807, 2.05) is 10.6 Å². The second-order valence-corrected chi connectivity index (χ2v) is 7.11. The first-order valence-electron chi connectivity index (χ1n) is 8.96. The van der Waals surface area contributed by atoms with E-state index in [1.165, 1.54) is 6.07 Å². The van der Waals surface area contributed by atoms with E-state index < -0.39 is 11.6 Å². The normalized spacial score (nSPS) is 19.6. The molecular formula is C20H17F2N3O2. The van der Waals surface area contributed by atoms with Gasteiger partial charge in [0.15, 0.2) is 11.6 Å². The lowest BCUT2D eigenvalue weighted by Gasteiger charge is -2.36. The molecule has 0 spiro atoms. The quantitative estimate of drug-likeness (QED) is 0.772. The molecule has 1 atom stereocenters. The number of benzene rings is 1. The van der Waals surface area contributed by atoms with E-state index in [0.717, 1.165) is 30.5 Å². The van der Waals surface area contributed by atoms with Gasteiger partial charge in [-0.15, -0.1) is 0 Å². The molecule has 2 aromatic heterocycles. The first-order valence-corrected chi connectivity index (χ1v) is 8.96. The van der Waals surface area contributed by atoms with Crippen LogP contribution in [0.1, 0.15) is 23.3 Å². The Hall–Kier alpha value is -2.80. The Morgan fingerprint density at radius 2 is 2.00 bits per heavy atom. The Balaban J connectivity index is 1.80. The van der Waals surface area contributed by atoms with Crippen molar-refractivity contribution in [3.63, 3.8) is 0 Å². The molecule has 138 valence electrons. The largest absolute Gasteiger partial charge is 0.394 e. The summed E-state index contributed by atoms with van der Waals surface area (Å²) in [5.74, 6) is -2.09. The maximum absolute atomic E-state index is 13.9. The Labute approximate surface area is 153 Å². The number of nitrogens with zero attached hydrogens (tertiary/aromatic N) is 3. The van der Waals surface area contributed by atoms with E-state index in [0.29, 0.717) is 28.9 Å². The molecule has 3 heterocycles. The van der Waals surface area contributed by atoms with E-state index in [-0.39, 0.29) is 24.6 Å². The third-order valence-corrected chi connectivity index (χ3v) is 5.40. The van der Waals surface area contributed by atoms with E-state index in [9.17, 15) is 18.7 Å². The summed E-state index contributed by atoms with van der Waals surface area (Å²) in [7, 11) is 0. The number of aromatic nitrogens is 2. The fraction of sp³-hybridized carbons (Fsp3) is 0.300. The number of fused-ring (bicyclic) bond motifs is 3. The minimum atomic E-state index is -0.966. The monoisotopic (exact) mass is 369 g/mol. The van der Waals surface area contributed by atoms with Gasteiger partial charge in [-0.25, -0.2) is 8.78 Å². The Kier molecular flexibility index (Phi) is 3.55. The second kappa shape index (κ2) is 5.85. The van der Waals surface area contributed by atoms with Crippen LogP contribution in [0.3, 0.4) is 0 Å². The number of halogens is 2. The summed E-state index contributed by atoms with van der Waals surface area (Å²) in [5.41, 5.74) is 2.66. The van der Waals surface area contributed by atoms with Gasteiger partial charge in [-0.1, -0.05) is 6.07 Å². The van der Waals surface area contributed by atoms with Gasteiger partial charge in [0.05, 0.1) is 23.7 Å². The highest BCUT2D eigenvalue weighted by Crippen LogP contribution is 2.40. The van der Waals surface area contributed by atoms with E-state index >= 15 is 0 Å². The number of amides is 1. The Morgan fingerprint density at radius 3 is 2.70 bits per heavy atom. The van der Waals surface area contributed by atoms with Crippen LogP contribution in [0, 0.1) is 11.6 Å². The van der Waals surface area contributed by atoms with Crippen molar-refractivity contribution in [1.82, 2.24) is 14.5 Å². The SMILES string of the molecule is O=C1c2c(-c3ccc(F)c(F)c3)c3ncccc3n2CC(CO)N1C1CC1. The van der Waals surface area contributed by atoms with Crippen LogP contribution in [0.5, 0.6) is 0 Å². The molecule has 2 aliphatic rings. The predicted molar refractivity (Wildman–Crippen MR) is 95.2 cm³/mol. The highest BCUT2D eigenvalue weighted by atomic mass is 19.2. The Bertz CT molecular complexity index is 1070. The van der Waals surface area contributed by atoms with Gasteiger partial charge in [0.2, 0.25) is 0 Å². The maximum Gasteiger partial charge on any atom is 0.271 e. The van der Waals surface area contributed by atoms with Gasteiger partial charge in [-0.3, -0.25) is 9.78 Å². The zero-order chi connectivity index (χ0) is 18.7. The number of carbonyl (C=O) groups excluding carboxylic acids is 1. The van der Waals surface area contributed by atoms with Crippen LogP contribution < -0.4 is 0 Å². The molecule has 5 rings (SSSR count). The van der Waals surface area contributed by atoms with Gasteiger partial charge in [-0.05, 0) is 42.7 Å². The molecule has 1 saturated carbocycles. The molecule has 27 heavy (non-hydrogen) atoms. The molecule has 1 amide bonds. The fourth-order valence-corrected chi connectivity index (χ4v) is 4.06. The molecule has 1 N–H and O–H groups in total. The smallest absolute Gasteiger partial charge is 0.271 e. The lowest BCUT2D eigenvalue weighted by Crippen LogP contribution is -2.50. The van der Waals surface area contributed by atoms with Crippen LogP contribution in [0.15, 0.2) is 36.5 Å². The van der Waals surface area contributed by atoms with Crippen LogP contribution in [0.4, 0.5) is 8.78 Å². The molecule has 7 heteroatoms. The lowest BCUT2D eigenvalue weighted by atomic mass is 10.0. The minimum Gasteiger partial charge on any atom is -0.394 e. The van der Waals surface area contributed by atoms with E-state index in [2.05, 4.69) is 4.98 Å². The number of hydrogen-bond acceptors (Lipinski definition) is 3. The summed E-state index contributed by atoms with van der Waals surface area (Å²) in [6.07, 6.45) is 3.45. The van der Waals surface area contributed by atoms with Gasteiger partial charge < -0.3 is 14.6 Å². The van der Waals surface area contributed by atoms with Crippen molar-refractivity contribution in [2.24, 2.45) is 0 Å². The molecule has 1 aliphatic carbocycles. The maximum atomic E-state index is 13.9. The molecule has 1 fully saturated rings. The molecule has 1 aromatic carbocycles. The zero-order valence-corrected chi connectivity index (χ0v) is 14.4. The van der Waals surface area contributed by atoms with Crippen LogP contribution in [0.2, 0.25) is 0 Å². The highest BCUT2D eigenvalue weighted by molar-refractivity contribution is 6.09.